The van der Waals surface area contributed by atoms with Crippen molar-refractivity contribution in [2.24, 2.45) is 16.6 Å². The zero-order valence-electron chi connectivity index (χ0n) is 10.7. The van der Waals surface area contributed by atoms with Gasteiger partial charge in [-0.25, -0.2) is 4.79 Å². The maximum Gasteiger partial charge on any atom is 0.333 e. The van der Waals surface area contributed by atoms with Gasteiger partial charge in [0, 0.05) is 23.8 Å². The van der Waals surface area contributed by atoms with Crippen LogP contribution in [-0.2, 0) is 4.79 Å². The lowest BCUT2D eigenvalue weighted by molar-refractivity contribution is -0.133. The highest BCUT2D eigenvalue weighted by atomic mass is 32.2. The summed E-state index contributed by atoms with van der Waals surface area (Å²) < 4.78 is 0. The molecule has 2 aliphatic rings. The number of aliphatic imine (C=N–C) groups is 1. The van der Waals surface area contributed by atoms with Gasteiger partial charge in [0.2, 0.25) is 0 Å². The van der Waals surface area contributed by atoms with Crippen LogP contribution in [0.5, 0.6) is 0 Å². The van der Waals surface area contributed by atoms with E-state index in [1.807, 2.05) is 0 Å². The molecule has 1 unspecified atom stereocenters. The van der Waals surface area contributed by atoms with E-state index >= 15 is 0 Å². The molecule has 1 heterocycles. The number of nitrogens with zero attached hydrogens (tertiary/aromatic N) is 1. The molecule has 0 saturated carbocycles. The minimum atomic E-state index is -0.867. The molecule has 1 aliphatic heterocycles. The number of thioether (sulfide) groups is 1. The van der Waals surface area contributed by atoms with Crippen molar-refractivity contribution in [1.82, 2.24) is 5.32 Å². The van der Waals surface area contributed by atoms with Crippen LogP contribution in [0.2, 0.25) is 0 Å². The van der Waals surface area contributed by atoms with Crippen LogP contribution >= 0.6 is 11.8 Å². The number of aliphatic hydroxyl groups is 1. The molecule has 0 aromatic carbocycles. The SMILES string of the molecule is C[C@@H](O)[C@H]1NC2C(C(=O)O)=C(SCCN=CN)C[C@H]21. The van der Waals surface area contributed by atoms with E-state index in [2.05, 4.69) is 10.3 Å². The van der Waals surface area contributed by atoms with Crippen LogP contribution in [0.4, 0.5) is 0 Å². The first-order valence-electron chi connectivity index (χ1n) is 6.29. The zero-order chi connectivity index (χ0) is 14.0. The molecule has 106 valence electrons. The average molecular weight is 285 g/mol. The van der Waals surface area contributed by atoms with E-state index in [-0.39, 0.29) is 18.0 Å². The van der Waals surface area contributed by atoms with Crippen molar-refractivity contribution in [3.8, 4) is 0 Å². The second-order valence-electron chi connectivity index (χ2n) is 4.82. The summed E-state index contributed by atoms with van der Waals surface area (Å²) in [5.41, 5.74) is 5.62. The van der Waals surface area contributed by atoms with Gasteiger partial charge in [-0.1, -0.05) is 0 Å². The number of carboxylic acids is 1. The molecule has 1 aliphatic carbocycles. The minimum Gasteiger partial charge on any atom is -0.478 e. The van der Waals surface area contributed by atoms with Gasteiger partial charge >= 0.3 is 5.97 Å². The van der Waals surface area contributed by atoms with Gasteiger partial charge in [-0.05, 0) is 18.2 Å². The number of allylic oxidation sites excluding steroid dienone is 1. The first kappa shape index (κ1) is 14.4. The Hall–Kier alpha value is -1.05. The molecule has 0 aromatic rings. The van der Waals surface area contributed by atoms with Crippen molar-refractivity contribution in [1.29, 1.82) is 0 Å². The van der Waals surface area contributed by atoms with Gasteiger partial charge in [-0.2, -0.15) is 0 Å². The molecule has 0 radical (unpaired) electrons. The van der Waals surface area contributed by atoms with Gasteiger partial charge in [0.05, 0.1) is 24.6 Å². The molecule has 7 heteroatoms. The van der Waals surface area contributed by atoms with Crippen molar-refractivity contribution in [2.45, 2.75) is 31.5 Å². The molecular formula is C12H19N3O3S. The Bertz CT molecular complexity index is 422. The molecule has 0 aromatic heterocycles. The Labute approximate surface area is 116 Å². The van der Waals surface area contributed by atoms with Crippen molar-refractivity contribution in [3.05, 3.63) is 10.5 Å². The summed E-state index contributed by atoms with van der Waals surface area (Å²) in [6, 6.07) is -0.114. The number of carbonyl (C=O) groups is 1. The second-order valence-corrected chi connectivity index (χ2v) is 6.01. The van der Waals surface area contributed by atoms with Gasteiger partial charge in [0.1, 0.15) is 0 Å². The molecule has 4 atom stereocenters. The van der Waals surface area contributed by atoms with Crippen molar-refractivity contribution < 1.29 is 15.0 Å². The Kier molecular flexibility index (Phi) is 4.49. The summed E-state index contributed by atoms with van der Waals surface area (Å²) in [6.07, 6.45) is 1.53. The Morgan fingerprint density at radius 2 is 2.47 bits per heavy atom. The summed E-state index contributed by atoms with van der Waals surface area (Å²) in [6.45, 7) is 2.32. The van der Waals surface area contributed by atoms with E-state index in [4.69, 9.17) is 5.73 Å². The van der Waals surface area contributed by atoms with E-state index in [0.29, 0.717) is 12.1 Å². The van der Waals surface area contributed by atoms with E-state index in [0.717, 1.165) is 17.1 Å². The maximum absolute atomic E-state index is 11.3. The number of fused-ring (bicyclic) bond motifs is 1. The molecule has 0 amide bonds. The Morgan fingerprint density at radius 3 is 3.05 bits per heavy atom. The van der Waals surface area contributed by atoms with Crippen LogP contribution in [0, 0.1) is 5.92 Å². The molecule has 1 saturated heterocycles. The number of aliphatic carboxylic acids is 1. The lowest BCUT2D eigenvalue weighted by Gasteiger charge is -2.44. The fourth-order valence-corrected chi connectivity index (χ4v) is 3.89. The normalized spacial score (nSPS) is 31.4. The Morgan fingerprint density at radius 1 is 1.74 bits per heavy atom. The number of nitrogens with one attached hydrogen (secondary N) is 1. The first-order chi connectivity index (χ1) is 9.06. The summed E-state index contributed by atoms with van der Waals surface area (Å²) in [4.78, 5) is 16.2. The van der Waals surface area contributed by atoms with Gasteiger partial charge in [-0.3, -0.25) is 4.99 Å². The number of hydrogen-bond acceptors (Lipinski definition) is 5. The highest BCUT2D eigenvalue weighted by Crippen LogP contribution is 2.45. The zero-order valence-corrected chi connectivity index (χ0v) is 11.6. The molecule has 19 heavy (non-hydrogen) atoms. The van der Waals surface area contributed by atoms with Crippen LogP contribution in [0.1, 0.15) is 13.3 Å². The van der Waals surface area contributed by atoms with Crippen LogP contribution in [-0.4, -0.2) is 53.0 Å². The number of nitrogens with two attached hydrogens (primary N) is 1. The van der Waals surface area contributed by atoms with Crippen molar-refractivity contribution >= 4 is 24.1 Å². The second kappa shape index (κ2) is 5.94. The molecule has 1 fully saturated rings. The standard InChI is InChI=1S/C12H19N3O3S/c1-6(16)10-7-4-8(19-3-2-14-5-13)9(12(17)18)11(7)15-10/h5-7,10-11,15-16H,2-4H2,1H3,(H2,13,14)(H,17,18)/t6-,7+,10-,11?/m1/s1. The topological polar surface area (TPSA) is 108 Å². The van der Waals surface area contributed by atoms with Crippen LogP contribution in [0.3, 0.4) is 0 Å². The molecule has 6 nitrogen and oxygen atoms in total. The summed E-state index contributed by atoms with van der Waals surface area (Å²) in [5.74, 6) is 0.0546. The minimum absolute atomic E-state index is 0.000451. The van der Waals surface area contributed by atoms with Crippen LogP contribution in [0.15, 0.2) is 15.5 Å². The molecule has 5 N–H and O–H groups in total. The number of carboxylic acid groups (broad SMARTS) is 1. The van der Waals surface area contributed by atoms with Gasteiger partial charge in [0.15, 0.2) is 0 Å². The van der Waals surface area contributed by atoms with Gasteiger partial charge < -0.3 is 21.3 Å². The number of hydrogen-bond donors (Lipinski definition) is 4. The lowest BCUT2D eigenvalue weighted by Crippen LogP contribution is -2.64. The monoisotopic (exact) mass is 285 g/mol. The third-order valence-corrected chi connectivity index (χ3v) is 4.77. The van der Waals surface area contributed by atoms with Gasteiger partial charge in [0.25, 0.3) is 0 Å². The third kappa shape index (κ3) is 2.77. The summed E-state index contributed by atoms with van der Waals surface area (Å²) >= 11 is 1.53. The Balaban J connectivity index is 2.01. The quantitative estimate of drug-likeness (QED) is 0.305. The van der Waals surface area contributed by atoms with Crippen molar-refractivity contribution in [3.63, 3.8) is 0 Å². The fourth-order valence-electron chi connectivity index (χ4n) is 2.77. The highest BCUT2D eigenvalue weighted by Gasteiger charge is 2.51. The van der Waals surface area contributed by atoms with E-state index in [1.54, 1.807) is 6.92 Å². The molecule has 0 spiro atoms. The number of rotatable bonds is 6. The average Bonchev–Trinajstić information content (AvgIpc) is 2.58. The van der Waals surface area contributed by atoms with Crippen LogP contribution in [0.25, 0.3) is 0 Å². The smallest absolute Gasteiger partial charge is 0.333 e. The third-order valence-electron chi connectivity index (χ3n) is 3.65. The summed E-state index contributed by atoms with van der Waals surface area (Å²) in [5, 5.41) is 22.1. The predicted octanol–water partition coefficient (Wildman–Crippen LogP) is -0.214. The maximum atomic E-state index is 11.3. The number of aliphatic hydroxyl groups excluding tert-OH is 1. The molecule has 0 bridgehead atoms. The van der Waals surface area contributed by atoms with Gasteiger partial charge in [-0.15, -0.1) is 11.8 Å². The van der Waals surface area contributed by atoms with Crippen LogP contribution < -0.4 is 11.1 Å². The van der Waals surface area contributed by atoms with Crippen molar-refractivity contribution in [2.75, 3.05) is 12.3 Å². The predicted molar refractivity (Wildman–Crippen MR) is 75.2 cm³/mol. The fraction of sp³-hybridized carbons (Fsp3) is 0.667. The lowest BCUT2D eigenvalue weighted by atomic mass is 9.80. The summed E-state index contributed by atoms with van der Waals surface area (Å²) in [7, 11) is 0. The highest BCUT2D eigenvalue weighted by molar-refractivity contribution is 8.03. The largest absolute Gasteiger partial charge is 0.478 e. The molecular weight excluding hydrogens is 266 g/mol. The van der Waals surface area contributed by atoms with E-state index in [9.17, 15) is 15.0 Å². The first-order valence-corrected chi connectivity index (χ1v) is 7.28. The van der Waals surface area contributed by atoms with E-state index < -0.39 is 12.1 Å². The molecule has 2 rings (SSSR count). The van der Waals surface area contributed by atoms with E-state index in [1.165, 1.54) is 18.1 Å².